The molecule has 3 amide bonds. The molecule has 132 valence electrons. The molecule has 2 atom stereocenters. The first-order chi connectivity index (χ1) is 11.3. The average Bonchev–Trinajstić information content (AvgIpc) is 2.49. The molecule has 0 saturated heterocycles. The summed E-state index contributed by atoms with van der Waals surface area (Å²) in [6.45, 7) is 6.22. The Morgan fingerprint density at radius 2 is 1.67 bits per heavy atom. The van der Waals surface area contributed by atoms with Crippen molar-refractivity contribution < 1.29 is 19.3 Å². The summed E-state index contributed by atoms with van der Waals surface area (Å²) in [7, 11) is 1.76. The largest absolute Gasteiger partial charge is 0.355 e. The molecule has 4 N–H and O–H groups in total. The summed E-state index contributed by atoms with van der Waals surface area (Å²) in [5.74, 6) is -0.657. The molecule has 7 heteroatoms. The number of hydrogen-bond donors (Lipinski definition) is 4. The molecule has 0 radical (unpaired) electrons. The molecule has 0 fully saturated rings. The van der Waals surface area contributed by atoms with Crippen molar-refractivity contribution in [1.82, 2.24) is 10.6 Å². The van der Waals surface area contributed by atoms with Crippen LogP contribution in [0.5, 0.6) is 0 Å². The predicted molar refractivity (Wildman–Crippen MR) is 92.7 cm³/mol. The SMILES string of the molecule is CCNC(=O)[C@H](C)NC(=O)C[NH+](C)CC(=O)Nc1ccc(C)cc1. The number of anilines is 1. The van der Waals surface area contributed by atoms with Crippen LogP contribution in [0.15, 0.2) is 24.3 Å². The molecular formula is C17H27N4O3+. The number of carbonyl (C=O) groups excluding carboxylic acids is 3. The van der Waals surface area contributed by atoms with Gasteiger partial charge in [0.2, 0.25) is 5.91 Å². The number of quaternary nitrogens is 1. The van der Waals surface area contributed by atoms with Crippen LogP contribution in [0.1, 0.15) is 19.4 Å². The van der Waals surface area contributed by atoms with Crippen molar-refractivity contribution in [3.63, 3.8) is 0 Å². The van der Waals surface area contributed by atoms with Gasteiger partial charge in [0.15, 0.2) is 13.1 Å². The number of likely N-dealkylation sites (N-methyl/N-ethyl adjacent to an activating group) is 2. The summed E-state index contributed by atoms with van der Waals surface area (Å²) in [5, 5.41) is 8.06. The maximum atomic E-state index is 12.0. The van der Waals surface area contributed by atoms with Gasteiger partial charge in [0.1, 0.15) is 6.04 Å². The summed E-state index contributed by atoms with van der Waals surface area (Å²) in [5.41, 5.74) is 1.85. The summed E-state index contributed by atoms with van der Waals surface area (Å²) in [4.78, 5) is 36.2. The second kappa shape index (κ2) is 9.67. The first-order valence-electron chi connectivity index (χ1n) is 8.06. The quantitative estimate of drug-likeness (QED) is 0.496. The van der Waals surface area contributed by atoms with Gasteiger partial charge in [-0.2, -0.15) is 0 Å². The van der Waals surface area contributed by atoms with E-state index < -0.39 is 6.04 Å². The van der Waals surface area contributed by atoms with E-state index in [-0.39, 0.29) is 30.8 Å². The fraction of sp³-hybridized carbons (Fsp3) is 0.471. The van der Waals surface area contributed by atoms with Gasteiger partial charge < -0.3 is 20.9 Å². The zero-order valence-electron chi connectivity index (χ0n) is 14.7. The Labute approximate surface area is 142 Å². The molecule has 0 aromatic heterocycles. The Hall–Kier alpha value is -2.41. The van der Waals surface area contributed by atoms with Crippen molar-refractivity contribution >= 4 is 23.4 Å². The van der Waals surface area contributed by atoms with E-state index in [1.165, 1.54) is 0 Å². The molecule has 0 aliphatic heterocycles. The summed E-state index contributed by atoms with van der Waals surface area (Å²) < 4.78 is 0. The van der Waals surface area contributed by atoms with Crippen molar-refractivity contribution in [2.45, 2.75) is 26.8 Å². The van der Waals surface area contributed by atoms with Crippen molar-refractivity contribution in [3.05, 3.63) is 29.8 Å². The van der Waals surface area contributed by atoms with Crippen LogP contribution in [0.25, 0.3) is 0 Å². The Bertz CT molecular complexity index is 572. The van der Waals surface area contributed by atoms with Gasteiger partial charge in [-0.25, -0.2) is 0 Å². The first kappa shape index (κ1) is 19.6. The second-order valence-electron chi connectivity index (χ2n) is 5.91. The number of hydrogen-bond acceptors (Lipinski definition) is 3. The minimum absolute atomic E-state index is 0.116. The molecule has 0 heterocycles. The molecule has 1 unspecified atom stereocenters. The Kier molecular flexibility index (Phi) is 7.91. The number of nitrogens with one attached hydrogen (secondary N) is 4. The van der Waals surface area contributed by atoms with E-state index in [1.807, 2.05) is 38.1 Å². The Balaban J connectivity index is 2.37. The lowest BCUT2D eigenvalue weighted by molar-refractivity contribution is -0.862. The molecule has 0 aliphatic rings. The van der Waals surface area contributed by atoms with Gasteiger partial charge in [-0.05, 0) is 32.9 Å². The van der Waals surface area contributed by atoms with Crippen LogP contribution < -0.4 is 20.9 Å². The molecule has 1 rings (SSSR count). The zero-order valence-corrected chi connectivity index (χ0v) is 14.7. The van der Waals surface area contributed by atoms with Crippen LogP contribution in [0.4, 0.5) is 5.69 Å². The van der Waals surface area contributed by atoms with Crippen molar-refractivity contribution in [2.75, 3.05) is 32.0 Å². The van der Waals surface area contributed by atoms with Crippen LogP contribution in [0, 0.1) is 6.92 Å². The van der Waals surface area contributed by atoms with Crippen molar-refractivity contribution in [1.29, 1.82) is 0 Å². The fourth-order valence-electron chi connectivity index (χ4n) is 2.14. The number of rotatable bonds is 8. The number of aryl methyl sites for hydroxylation is 1. The van der Waals surface area contributed by atoms with E-state index in [1.54, 1.807) is 14.0 Å². The molecule has 1 aromatic rings. The Morgan fingerprint density at radius 1 is 1.08 bits per heavy atom. The molecule has 1 aromatic carbocycles. The van der Waals surface area contributed by atoms with E-state index in [0.29, 0.717) is 6.54 Å². The normalized spacial score (nSPS) is 12.8. The monoisotopic (exact) mass is 335 g/mol. The van der Waals surface area contributed by atoms with Crippen LogP contribution in [-0.4, -0.2) is 50.4 Å². The van der Waals surface area contributed by atoms with Gasteiger partial charge in [0, 0.05) is 12.2 Å². The van der Waals surface area contributed by atoms with E-state index in [2.05, 4.69) is 16.0 Å². The average molecular weight is 335 g/mol. The number of benzene rings is 1. The third-order valence-corrected chi connectivity index (χ3v) is 3.38. The number of carbonyl (C=O) groups is 3. The minimum Gasteiger partial charge on any atom is -0.355 e. The van der Waals surface area contributed by atoms with Crippen LogP contribution in [-0.2, 0) is 14.4 Å². The minimum atomic E-state index is -0.591. The second-order valence-corrected chi connectivity index (χ2v) is 5.91. The van der Waals surface area contributed by atoms with Crippen molar-refractivity contribution in [3.8, 4) is 0 Å². The lowest BCUT2D eigenvalue weighted by Crippen LogP contribution is -3.11. The van der Waals surface area contributed by atoms with Crippen LogP contribution in [0.3, 0.4) is 0 Å². The standard InChI is InChI=1S/C17H26N4O3/c1-5-18-17(24)13(3)19-15(22)10-21(4)11-16(23)20-14-8-6-12(2)7-9-14/h6-9,13H,5,10-11H2,1-4H3,(H,18,24)(H,19,22)(H,20,23)/p+1/t13-/m0/s1. The van der Waals surface area contributed by atoms with E-state index in [9.17, 15) is 14.4 Å². The van der Waals surface area contributed by atoms with Crippen LogP contribution >= 0.6 is 0 Å². The molecule has 24 heavy (non-hydrogen) atoms. The first-order valence-corrected chi connectivity index (χ1v) is 8.06. The fourth-order valence-corrected chi connectivity index (χ4v) is 2.14. The highest BCUT2D eigenvalue weighted by molar-refractivity contribution is 5.91. The smallest absolute Gasteiger partial charge is 0.279 e. The Morgan fingerprint density at radius 3 is 2.25 bits per heavy atom. The lowest BCUT2D eigenvalue weighted by Gasteiger charge is -2.16. The number of amides is 3. The zero-order chi connectivity index (χ0) is 18.1. The summed E-state index contributed by atoms with van der Waals surface area (Å²) >= 11 is 0. The van der Waals surface area contributed by atoms with Gasteiger partial charge >= 0.3 is 0 Å². The highest BCUT2D eigenvalue weighted by atomic mass is 16.2. The maximum absolute atomic E-state index is 12.0. The van der Waals surface area contributed by atoms with Gasteiger partial charge in [-0.1, -0.05) is 17.7 Å². The van der Waals surface area contributed by atoms with Crippen molar-refractivity contribution in [2.24, 2.45) is 0 Å². The predicted octanol–water partition coefficient (Wildman–Crippen LogP) is -0.911. The van der Waals surface area contributed by atoms with Crippen LogP contribution in [0.2, 0.25) is 0 Å². The van der Waals surface area contributed by atoms with E-state index in [4.69, 9.17) is 0 Å². The van der Waals surface area contributed by atoms with Gasteiger partial charge in [0.25, 0.3) is 11.8 Å². The molecule has 0 spiro atoms. The molecule has 0 bridgehead atoms. The third-order valence-electron chi connectivity index (χ3n) is 3.38. The molecule has 0 aliphatic carbocycles. The summed E-state index contributed by atoms with van der Waals surface area (Å²) in [6.07, 6.45) is 0. The van der Waals surface area contributed by atoms with E-state index in [0.717, 1.165) is 16.2 Å². The molecule has 0 saturated carbocycles. The van der Waals surface area contributed by atoms with Gasteiger partial charge in [-0.15, -0.1) is 0 Å². The topological polar surface area (TPSA) is 91.7 Å². The summed E-state index contributed by atoms with van der Waals surface area (Å²) in [6, 6.07) is 6.92. The highest BCUT2D eigenvalue weighted by Gasteiger charge is 2.18. The van der Waals surface area contributed by atoms with E-state index >= 15 is 0 Å². The third kappa shape index (κ3) is 7.23. The molecule has 7 nitrogen and oxygen atoms in total. The van der Waals surface area contributed by atoms with Gasteiger partial charge in [0.05, 0.1) is 7.05 Å². The maximum Gasteiger partial charge on any atom is 0.279 e. The lowest BCUT2D eigenvalue weighted by atomic mass is 10.2. The van der Waals surface area contributed by atoms with Gasteiger partial charge in [-0.3, -0.25) is 14.4 Å². The molecular weight excluding hydrogens is 308 g/mol. The highest BCUT2D eigenvalue weighted by Crippen LogP contribution is 2.07.